The first kappa shape index (κ1) is 12.7. The first-order chi connectivity index (χ1) is 9.22. The summed E-state index contributed by atoms with van der Waals surface area (Å²) in [5, 5.41) is 13.2. The molecule has 1 unspecified atom stereocenters. The van der Waals surface area contributed by atoms with Crippen LogP contribution < -0.4 is 5.32 Å². The molecule has 1 aromatic carbocycles. The van der Waals surface area contributed by atoms with E-state index in [2.05, 4.69) is 30.4 Å². The average Bonchev–Trinajstić information content (AvgIpc) is 3.18. The SMILES string of the molecule is CC(CC1CC1)NC1CC(C#N)(c2ccccc2)C1. The zero-order valence-corrected chi connectivity index (χ0v) is 11.6. The zero-order chi connectivity index (χ0) is 13.3. The molecule has 0 radical (unpaired) electrons. The molecule has 2 aliphatic rings. The summed E-state index contributed by atoms with van der Waals surface area (Å²) in [5.41, 5.74) is 0.948. The van der Waals surface area contributed by atoms with Crippen molar-refractivity contribution in [2.24, 2.45) is 5.92 Å². The molecule has 0 amide bonds. The van der Waals surface area contributed by atoms with E-state index in [9.17, 15) is 5.26 Å². The van der Waals surface area contributed by atoms with Gasteiger partial charge in [-0.15, -0.1) is 0 Å². The molecule has 2 nitrogen and oxygen atoms in total. The molecule has 0 aliphatic heterocycles. The summed E-state index contributed by atoms with van der Waals surface area (Å²) in [6.07, 6.45) is 6.07. The Morgan fingerprint density at radius 1 is 1.32 bits per heavy atom. The zero-order valence-electron chi connectivity index (χ0n) is 11.6. The van der Waals surface area contributed by atoms with Crippen LogP contribution in [0, 0.1) is 17.2 Å². The maximum Gasteiger partial charge on any atom is 0.0852 e. The van der Waals surface area contributed by atoms with Crippen LogP contribution in [0.4, 0.5) is 0 Å². The molecule has 0 bridgehead atoms. The summed E-state index contributed by atoms with van der Waals surface area (Å²) < 4.78 is 0. The standard InChI is InChI=1S/C17H22N2/c1-13(9-14-7-8-14)19-16-10-17(11-16,12-18)15-5-3-2-4-6-15/h2-6,13-14,16,19H,7-11H2,1H3. The quantitative estimate of drug-likeness (QED) is 0.874. The third-order valence-corrected chi connectivity index (χ3v) is 4.63. The molecule has 3 rings (SSSR count). The van der Waals surface area contributed by atoms with Crippen molar-refractivity contribution in [3.8, 4) is 6.07 Å². The number of nitrogens with one attached hydrogen (secondary N) is 1. The van der Waals surface area contributed by atoms with Gasteiger partial charge in [0, 0.05) is 12.1 Å². The normalized spacial score (nSPS) is 31.3. The predicted molar refractivity (Wildman–Crippen MR) is 76.7 cm³/mol. The Balaban J connectivity index is 1.56. The van der Waals surface area contributed by atoms with E-state index < -0.39 is 0 Å². The number of hydrogen-bond donors (Lipinski definition) is 1. The summed E-state index contributed by atoms with van der Waals surface area (Å²) >= 11 is 0. The summed E-state index contributed by atoms with van der Waals surface area (Å²) in [7, 11) is 0. The summed E-state index contributed by atoms with van der Waals surface area (Å²) in [6, 6.07) is 13.9. The Hall–Kier alpha value is -1.33. The second-order valence-electron chi connectivity index (χ2n) is 6.41. The van der Waals surface area contributed by atoms with Gasteiger partial charge in [-0.05, 0) is 37.7 Å². The van der Waals surface area contributed by atoms with Crippen molar-refractivity contribution >= 4 is 0 Å². The number of hydrogen-bond acceptors (Lipinski definition) is 2. The highest BCUT2D eigenvalue weighted by atomic mass is 15.0. The van der Waals surface area contributed by atoms with Crippen LogP contribution in [0.3, 0.4) is 0 Å². The summed E-state index contributed by atoms with van der Waals surface area (Å²) in [4.78, 5) is 0. The van der Waals surface area contributed by atoms with Crippen molar-refractivity contribution in [2.45, 2.75) is 56.5 Å². The molecule has 0 aromatic heterocycles. The maximum absolute atomic E-state index is 9.52. The van der Waals surface area contributed by atoms with Crippen molar-refractivity contribution in [1.82, 2.24) is 5.32 Å². The fourth-order valence-corrected chi connectivity index (χ4v) is 3.37. The molecule has 1 aromatic rings. The van der Waals surface area contributed by atoms with Crippen molar-refractivity contribution in [3.63, 3.8) is 0 Å². The smallest absolute Gasteiger partial charge is 0.0852 e. The number of nitriles is 1. The topological polar surface area (TPSA) is 35.8 Å². The summed E-state index contributed by atoms with van der Waals surface area (Å²) in [5.74, 6) is 0.970. The highest BCUT2D eigenvalue weighted by molar-refractivity contribution is 5.36. The lowest BCUT2D eigenvalue weighted by Gasteiger charge is -2.44. The average molecular weight is 254 g/mol. The van der Waals surface area contributed by atoms with Crippen LogP contribution >= 0.6 is 0 Å². The molecular formula is C17H22N2. The molecule has 2 fully saturated rings. The lowest BCUT2D eigenvalue weighted by Crippen LogP contribution is -2.53. The first-order valence-corrected chi connectivity index (χ1v) is 7.45. The van der Waals surface area contributed by atoms with Gasteiger partial charge < -0.3 is 5.32 Å². The van der Waals surface area contributed by atoms with Gasteiger partial charge in [0.25, 0.3) is 0 Å². The Kier molecular flexibility index (Phi) is 3.33. The van der Waals surface area contributed by atoms with Gasteiger partial charge in [-0.1, -0.05) is 43.2 Å². The van der Waals surface area contributed by atoms with Crippen LogP contribution in [0.25, 0.3) is 0 Å². The van der Waals surface area contributed by atoms with Gasteiger partial charge in [0.1, 0.15) is 0 Å². The number of benzene rings is 1. The minimum atomic E-state index is -0.238. The van der Waals surface area contributed by atoms with E-state index in [0.717, 1.165) is 18.8 Å². The third-order valence-electron chi connectivity index (χ3n) is 4.63. The first-order valence-electron chi connectivity index (χ1n) is 7.45. The molecule has 19 heavy (non-hydrogen) atoms. The Morgan fingerprint density at radius 2 is 2.00 bits per heavy atom. The minimum absolute atomic E-state index is 0.238. The van der Waals surface area contributed by atoms with E-state index in [0.29, 0.717) is 12.1 Å². The van der Waals surface area contributed by atoms with Crippen molar-refractivity contribution in [3.05, 3.63) is 35.9 Å². The van der Waals surface area contributed by atoms with E-state index in [1.54, 1.807) is 0 Å². The maximum atomic E-state index is 9.52. The van der Waals surface area contributed by atoms with Gasteiger partial charge in [0.2, 0.25) is 0 Å². The number of rotatable bonds is 5. The molecule has 0 saturated heterocycles. The molecule has 2 saturated carbocycles. The molecular weight excluding hydrogens is 232 g/mol. The van der Waals surface area contributed by atoms with E-state index in [1.807, 2.05) is 18.2 Å². The van der Waals surface area contributed by atoms with Gasteiger partial charge in [-0.3, -0.25) is 0 Å². The molecule has 0 heterocycles. The van der Waals surface area contributed by atoms with Crippen molar-refractivity contribution < 1.29 is 0 Å². The molecule has 1 N–H and O–H groups in total. The fraction of sp³-hybridized carbons (Fsp3) is 0.588. The van der Waals surface area contributed by atoms with Crippen LogP contribution in [-0.2, 0) is 5.41 Å². The number of nitrogens with zero attached hydrogens (tertiary/aromatic N) is 1. The second kappa shape index (κ2) is 4.98. The minimum Gasteiger partial charge on any atom is -0.311 e. The van der Waals surface area contributed by atoms with Crippen LogP contribution in [0.15, 0.2) is 30.3 Å². The monoisotopic (exact) mass is 254 g/mol. The Bertz CT molecular complexity index is 464. The van der Waals surface area contributed by atoms with Crippen molar-refractivity contribution in [1.29, 1.82) is 5.26 Å². The van der Waals surface area contributed by atoms with E-state index in [4.69, 9.17) is 0 Å². The van der Waals surface area contributed by atoms with Crippen LogP contribution in [-0.4, -0.2) is 12.1 Å². The molecule has 100 valence electrons. The molecule has 2 heteroatoms. The highest BCUT2D eigenvalue weighted by Crippen LogP contribution is 2.44. The fourth-order valence-electron chi connectivity index (χ4n) is 3.37. The van der Waals surface area contributed by atoms with E-state index in [1.165, 1.54) is 24.8 Å². The van der Waals surface area contributed by atoms with Crippen LogP contribution in [0.1, 0.15) is 44.6 Å². The molecule has 2 aliphatic carbocycles. The Morgan fingerprint density at radius 3 is 2.58 bits per heavy atom. The largest absolute Gasteiger partial charge is 0.311 e. The van der Waals surface area contributed by atoms with Gasteiger partial charge in [0.05, 0.1) is 11.5 Å². The van der Waals surface area contributed by atoms with Crippen LogP contribution in [0.2, 0.25) is 0 Å². The van der Waals surface area contributed by atoms with Crippen LogP contribution in [0.5, 0.6) is 0 Å². The highest BCUT2D eigenvalue weighted by Gasteiger charge is 2.46. The van der Waals surface area contributed by atoms with Gasteiger partial charge in [0.15, 0.2) is 0 Å². The van der Waals surface area contributed by atoms with Gasteiger partial charge >= 0.3 is 0 Å². The van der Waals surface area contributed by atoms with Gasteiger partial charge in [-0.2, -0.15) is 5.26 Å². The van der Waals surface area contributed by atoms with Crippen molar-refractivity contribution in [2.75, 3.05) is 0 Å². The lowest BCUT2D eigenvalue weighted by atomic mass is 9.62. The lowest BCUT2D eigenvalue weighted by molar-refractivity contribution is 0.208. The van der Waals surface area contributed by atoms with E-state index >= 15 is 0 Å². The predicted octanol–water partition coefficient (Wildman–Crippen LogP) is 3.39. The third kappa shape index (κ3) is 2.67. The molecule has 0 spiro atoms. The van der Waals surface area contributed by atoms with E-state index in [-0.39, 0.29) is 5.41 Å². The Labute approximate surface area is 115 Å². The van der Waals surface area contributed by atoms with Gasteiger partial charge in [-0.25, -0.2) is 0 Å². The second-order valence-corrected chi connectivity index (χ2v) is 6.41. The molecule has 1 atom stereocenters. The summed E-state index contributed by atoms with van der Waals surface area (Å²) in [6.45, 7) is 2.28.